The van der Waals surface area contributed by atoms with Crippen LogP contribution in [0.5, 0.6) is 0 Å². The molecule has 2 fully saturated rings. The van der Waals surface area contributed by atoms with Crippen molar-refractivity contribution in [2.24, 2.45) is 0 Å². The van der Waals surface area contributed by atoms with Crippen molar-refractivity contribution in [3.63, 3.8) is 0 Å². The van der Waals surface area contributed by atoms with E-state index in [0.717, 1.165) is 49.7 Å². The predicted molar refractivity (Wildman–Crippen MR) is 84.8 cm³/mol. The number of morpholine rings is 1. The van der Waals surface area contributed by atoms with Gasteiger partial charge in [-0.1, -0.05) is 36.6 Å². The van der Waals surface area contributed by atoms with E-state index in [0.29, 0.717) is 6.42 Å². The maximum Gasteiger partial charge on any atom is 0.0764 e. The van der Waals surface area contributed by atoms with Crippen LogP contribution in [0.15, 0.2) is 24.3 Å². The third kappa shape index (κ3) is 3.26. The Kier molecular flexibility index (Phi) is 4.85. The van der Waals surface area contributed by atoms with Gasteiger partial charge in [0.2, 0.25) is 0 Å². The Hall–Kier alpha value is -0.610. The molecule has 21 heavy (non-hydrogen) atoms. The number of hydrogen-bond acceptors (Lipinski definition) is 3. The van der Waals surface area contributed by atoms with Crippen LogP contribution < -0.4 is 0 Å². The van der Waals surface area contributed by atoms with E-state index in [1.54, 1.807) is 0 Å². The van der Waals surface area contributed by atoms with Crippen molar-refractivity contribution in [2.75, 3.05) is 26.3 Å². The van der Waals surface area contributed by atoms with E-state index in [2.05, 4.69) is 4.90 Å². The van der Waals surface area contributed by atoms with Crippen molar-refractivity contribution in [1.82, 2.24) is 4.90 Å². The van der Waals surface area contributed by atoms with E-state index >= 15 is 0 Å². The van der Waals surface area contributed by atoms with Crippen LogP contribution in [-0.4, -0.2) is 48.0 Å². The molecule has 0 amide bonds. The second-order valence-electron chi connectivity index (χ2n) is 6.26. The molecule has 1 aromatic carbocycles. The molecular weight excluding hydrogens is 286 g/mol. The first-order chi connectivity index (χ1) is 10.2. The minimum absolute atomic E-state index is 0.0522. The second-order valence-corrected chi connectivity index (χ2v) is 6.69. The van der Waals surface area contributed by atoms with E-state index in [1.807, 2.05) is 24.3 Å². The number of nitrogens with zero attached hydrogens (tertiary/aromatic N) is 1. The standard InChI is InChI=1S/C17H24ClNO2/c18-15-5-3-14(4-6-15)13-16(20)17(7-1-2-8-17)19-9-11-21-12-10-19/h3-6,16,20H,1-2,7-13H2. The number of rotatable bonds is 4. The molecule has 1 N–H and O–H groups in total. The summed E-state index contributed by atoms with van der Waals surface area (Å²) >= 11 is 5.94. The highest BCUT2D eigenvalue weighted by Gasteiger charge is 2.45. The molecule has 1 saturated carbocycles. The summed E-state index contributed by atoms with van der Waals surface area (Å²) in [4.78, 5) is 2.48. The fourth-order valence-electron chi connectivity index (χ4n) is 3.89. The van der Waals surface area contributed by atoms with E-state index in [9.17, 15) is 5.11 Å². The van der Waals surface area contributed by atoms with Crippen molar-refractivity contribution in [2.45, 2.75) is 43.7 Å². The molecule has 1 aliphatic heterocycles. The van der Waals surface area contributed by atoms with Gasteiger partial charge in [-0.2, -0.15) is 0 Å². The normalized spacial score (nSPS) is 24.1. The molecule has 1 unspecified atom stereocenters. The van der Waals surface area contributed by atoms with Gasteiger partial charge in [-0.25, -0.2) is 0 Å². The quantitative estimate of drug-likeness (QED) is 0.928. The lowest BCUT2D eigenvalue weighted by molar-refractivity contribution is -0.0753. The maximum atomic E-state index is 11.0. The molecular formula is C17H24ClNO2. The topological polar surface area (TPSA) is 32.7 Å². The van der Waals surface area contributed by atoms with Crippen molar-refractivity contribution >= 4 is 11.6 Å². The highest BCUT2D eigenvalue weighted by Crippen LogP contribution is 2.39. The van der Waals surface area contributed by atoms with Crippen LogP contribution in [0.3, 0.4) is 0 Å². The number of ether oxygens (including phenoxy) is 1. The Labute approximate surface area is 131 Å². The van der Waals surface area contributed by atoms with E-state index in [-0.39, 0.29) is 11.6 Å². The zero-order valence-corrected chi connectivity index (χ0v) is 13.2. The van der Waals surface area contributed by atoms with E-state index in [4.69, 9.17) is 16.3 Å². The van der Waals surface area contributed by atoms with Crippen LogP contribution in [0.4, 0.5) is 0 Å². The van der Waals surface area contributed by atoms with Crippen molar-refractivity contribution in [1.29, 1.82) is 0 Å². The lowest BCUT2D eigenvalue weighted by Gasteiger charge is -2.46. The van der Waals surface area contributed by atoms with Crippen LogP contribution in [0, 0.1) is 0 Å². The summed E-state index contributed by atoms with van der Waals surface area (Å²) in [5.74, 6) is 0. The Morgan fingerprint density at radius 3 is 2.38 bits per heavy atom. The second kappa shape index (κ2) is 6.66. The number of benzene rings is 1. The summed E-state index contributed by atoms with van der Waals surface area (Å²) in [5.41, 5.74) is 1.11. The predicted octanol–water partition coefficient (Wildman–Crippen LogP) is 2.89. The van der Waals surface area contributed by atoms with E-state index < -0.39 is 0 Å². The third-order valence-corrected chi connectivity index (χ3v) is 5.32. The average molecular weight is 310 g/mol. The summed E-state index contributed by atoms with van der Waals surface area (Å²) in [6, 6.07) is 7.85. The monoisotopic (exact) mass is 309 g/mol. The van der Waals surface area contributed by atoms with Gasteiger partial charge in [0.1, 0.15) is 0 Å². The first-order valence-electron chi connectivity index (χ1n) is 7.96. The van der Waals surface area contributed by atoms with Gasteiger partial charge in [0.05, 0.1) is 19.3 Å². The molecule has 4 heteroatoms. The maximum absolute atomic E-state index is 11.0. The molecule has 0 aromatic heterocycles. The van der Waals surface area contributed by atoms with Gasteiger partial charge in [-0.3, -0.25) is 4.90 Å². The summed E-state index contributed by atoms with van der Waals surface area (Å²) in [6.45, 7) is 3.46. The minimum Gasteiger partial charge on any atom is -0.391 e. The SMILES string of the molecule is OC(Cc1ccc(Cl)cc1)C1(N2CCOCC2)CCCC1. The summed E-state index contributed by atoms with van der Waals surface area (Å²) in [6.07, 6.45) is 5.02. The van der Waals surface area contributed by atoms with Gasteiger partial charge in [0.25, 0.3) is 0 Å². The van der Waals surface area contributed by atoms with Crippen LogP contribution in [-0.2, 0) is 11.2 Å². The van der Waals surface area contributed by atoms with Crippen LogP contribution in [0.25, 0.3) is 0 Å². The van der Waals surface area contributed by atoms with Crippen LogP contribution in [0.2, 0.25) is 5.02 Å². The number of aliphatic hydroxyl groups is 1. The zero-order chi connectivity index (χ0) is 14.7. The highest BCUT2D eigenvalue weighted by atomic mass is 35.5. The molecule has 1 aromatic rings. The lowest BCUT2D eigenvalue weighted by atomic mass is 9.84. The first-order valence-corrected chi connectivity index (χ1v) is 8.34. The smallest absolute Gasteiger partial charge is 0.0764 e. The third-order valence-electron chi connectivity index (χ3n) is 5.07. The largest absolute Gasteiger partial charge is 0.391 e. The van der Waals surface area contributed by atoms with Gasteiger partial charge in [-0.05, 0) is 30.5 Å². The Morgan fingerprint density at radius 1 is 1.14 bits per heavy atom. The molecule has 116 valence electrons. The first kappa shape index (κ1) is 15.3. The van der Waals surface area contributed by atoms with Gasteiger partial charge >= 0.3 is 0 Å². The Morgan fingerprint density at radius 2 is 1.76 bits per heavy atom. The molecule has 1 aliphatic carbocycles. The van der Waals surface area contributed by atoms with Gasteiger partial charge in [0.15, 0.2) is 0 Å². The molecule has 0 spiro atoms. The fraction of sp³-hybridized carbons (Fsp3) is 0.647. The highest BCUT2D eigenvalue weighted by molar-refractivity contribution is 6.30. The van der Waals surface area contributed by atoms with E-state index in [1.165, 1.54) is 12.8 Å². The molecule has 1 saturated heterocycles. The molecule has 0 bridgehead atoms. The Bertz CT molecular complexity index is 450. The van der Waals surface area contributed by atoms with Gasteiger partial charge in [-0.15, -0.1) is 0 Å². The summed E-state index contributed by atoms with van der Waals surface area (Å²) in [7, 11) is 0. The number of hydrogen-bond donors (Lipinski definition) is 1. The molecule has 1 heterocycles. The molecule has 3 rings (SSSR count). The van der Waals surface area contributed by atoms with Crippen LogP contribution >= 0.6 is 11.6 Å². The van der Waals surface area contributed by atoms with Gasteiger partial charge in [0, 0.05) is 30.1 Å². The molecule has 1 atom stereocenters. The molecule has 0 radical (unpaired) electrons. The van der Waals surface area contributed by atoms with Gasteiger partial charge < -0.3 is 9.84 Å². The zero-order valence-electron chi connectivity index (χ0n) is 12.4. The summed E-state index contributed by atoms with van der Waals surface area (Å²) in [5, 5.41) is 11.7. The molecule has 3 nitrogen and oxygen atoms in total. The number of aliphatic hydroxyl groups excluding tert-OH is 1. The van der Waals surface area contributed by atoms with Crippen molar-refractivity contribution in [3.05, 3.63) is 34.9 Å². The number of halogens is 1. The summed E-state index contributed by atoms with van der Waals surface area (Å²) < 4.78 is 5.48. The lowest BCUT2D eigenvalue weighted by Crippen LogP contribution is -2.59. The average Bonchev–Trinajstić information content (AvgIpc) is 3.01. The minimum atomic E-state index is -0.320. The fourth-order valence-corrected chi connectivity index (χ4v) is 4.02. The van der Waals surface area contributed by atoms with Crippen molar-refractivity contribution in [3.8, 4) is 0 Å². The Balaban J connectivity index is 1.74. The van der Waals surface area contributed by atoms with Crippen LogP contribution in [0.1, 0.15) is 31.2 Å². The molecule has 2 aliphatic rings. The van der Waals surface area contributed by atoms with Crippen molar-refractivity contribution < 1.29 is 9.84 Å².